The van der Waals surface area contributed by atoms with E-state index in [4.69, 9.17) is 7.15 Å². The van der Waals surface area contributed by atoms with E-state index < -0.39 is 17.6 Å². The summed E-state index contributed by atoms with van der Waals surface area (Å²) in [7, 11) is 0. The number of benzene rings is 1. The number of hydroxylamine groups is 1. The Kier molecular flexibility index (Phi) is 4.62. The second-order valence-electron chi connectivity index (χ2n) is 5.00. The monoisotopic (exact) mass is 344 g/mol. The van der Waals surface area contributed by atoms with Gasteiger partial charge in [-0.3, -0.25) is 10.6 Å². The van der Waals surface area contributed by atoms with Crippen molar-refractivity contribution in [2.75, 3.05) is 16.9 Å². The molecule has 0 spiro atoms. The topological polar surface area (TPSA) is 124 Å². The summed E-state index contributed by atoms with van der Waals surface area (Å²) in [5.74, 6) is -0.317. The lowest BCUT2D eigenvalue weighted by Crippen LogP contribution is -2.30. The van der Waals surface area contributed by atoms with Crippen molar-refractivity contribution >= 4 is 17.3 Å². The van der Waals surface area contributed by atoms with Gasteiger partial charge in [0.2, 0.25) is 5.82 Å². The van der Waals surface area contributed by atoms with Crippen LogP contribution in [0.1, 0.15) is 18.2 Å². The average Bonchev–Trinajstić information content (AvgIpc) is 3.01. The van der Waals surface area contributed by atoms with E-state index in [0.717, 1.165) is 24.3 Å². The maximum absolute atomic E-state index is 12.6. The van der Waals surface area contributed by atoms with Gasteiger partial charge >= 0.3 is 6.18 Å². The largest absolute Gasteiger partial charge is 0.416 e. The van der Waals surface area contributed by atoms with Gasteiger partial charge in [-0.1, -0.05) is 0 Å². The number of anilines is 2. The van der Waals surface area contributed by atoms with Crippen molar-refractivity contribution in [1.82, 2.24) is 10.3 Å². The van der Waals surface area contributed by atoms with E-state index in [-0.39, 0.29) is 23.2 Å². The first-order chi connectivity index (χ1) is 11.7. The fourth-order valence-corrected chi connectivity index (χ4v) is 1.72. The predicted octanol–water partition coefficient (Wildman–Crippen LogP) is 2.07. The first kappa shape index (κ1) is 16.2. The van der Waals surface area contributed by atoms with Crippen LogP contribution in [0, 0.1) is 5.40 Å². The van der Waals surface area contributed by atoms with Crippen LogP contribution in [0.2, 0.25) is 1.41 Å². The van der Waals surface area contributed by atoms with Crippen molar-refractivity contribution in [2.45, 2.75) is 19.1 Å². The second kappa shape index (κ2) is 6.84. The van der Waals surface area contributed by atoms with Gasteiger partial charge < -0.3 is 11.1 Å². The maximum Gasteiger partial charge on any atom is 0.416 e. The average molecular weight is 344 g/mol. The molecule has 8 nitrogen and oxygen atoms in total. The van der Waals surface area contributed by atoms with Crippen LogP contribution in [0.4, 0.5) is 24.7 Å². The van der Waals surface area contributed by atoms with Gasteiger partial charge in [-0.05, 0) is 41.5 Å². The number of nitrogens with zero attached hydrogens (tertiary/aromatic N) is 3. The summed E-state index contributed by atoms with van der Waals surface area (Å²) >= 11 is 0. The highest BCUT2D eigenvalue weighted by atomic mass is 19.4. The van der Waals surface area contributed by atoms with E-state index in [0.29, 0.717) is 11.6 Å². The number of nitrogens with one attached hydrogen (secondary N) is 2. The summed E-state index contributed by atoms with van der Waals surface area (Å²) < 4.78 is 49.5. The van der Waals surface area contributed by atoms with E-state index in [9.17, 15) is 18.4 Å². The molecule has 0 amide bonds. The molecule has 2 aromatic rings. The van der Waals surface area contributed by atoms with Gasteiger partial charge in [0, 0.05) is 12.6 Å². The van der Waals surface area contributed by atoms with Crippen molar-refractivity contribution in [3.8, 4) is 0 Å². The number of rotatable bonds is 5. The first-order valence-electron chi connectivity index (χ1n) is 7.19. The molecule has 2 rings (SSSR count). The molecule has 0 fully saturated rings. The Hall–Kier alpha value is -2.66. The number of amidine groups is 1. The van der Waals surface area contributed by atoms with Crippen LogP contribution >= 0.6 is 0 Å². The van der Waals surface area contributed by atoms with Crippen LogP contribution in [0.3, 0.4) is 0 Å². The van der Waals surface area contributed by atoms with Crippen molar-refractivity contribution in [3.05, 3.63) is 35.5 Å². The zero-order valence-corrected chi connectivity index (χ0v) is 12.4. The van der Waals surface area contributed by atoms with Crippen molar-refractivity contribution in [1.29, 1.82) is 5.40 Å². The molecule has 130 valence electrons. The standard InChI is InChI=1S/C13H15F3N6O2/c1-7(17)6-19-12-10(20-24-21-12)11(18)22(23)9-4-2-8(3-5-9)13(14,15)16/h2-5,7,18,23H,6,17H2,1H3,(H,19,21)/b18-11-. The molecule has 1 atom stereocenters. The van der Waals surface area contributed by atoms with E-state index >= 15 is 0 Å². The van der Waals surface area contributed by atoms with E-state index in [1.165, 1.54) is 0 Å². The number of alkyl halides is 3. The van der Waals surface area contributed by atoms with Gasteiger partial charge in [0.25, 0.3) is 0 Å². The van der Waals surface area contributed by atoms with E-state index in [2.05, 4.69) is 25.7 Å². The van der Waals surface area contributed by atoms with Crippen LogP contribution < -0.4 is 16.1 Å². The minimum absolute atomic E-state index is 0.0554. The number of aromatic nitrogens is 2. The third kappa shape index (κ3) is 4.00. The molecule has 5 N–H and O–H groups in total. The Morgan fingerprint density at radius 2 is 2.12 bits per heavy atom. The molecule has 0 bridgehead atoms. The molecule has 0 radical (unpaired) electrons. The first-order valence-corrected chi connectivity index (χ1v) is 6.74. The lowest BCUT2D eigenvalue weighted by atomic mass is 10.2. The molecule has 1 aromatic heterocycles. The van der Waals surface area contributed by atoms with E-state index in [1.54, 1.807) is 6.92 Å². The lowest BCUT2D eigenvalue weighted by molar-refractivity contribution is -0.137. The molecule has 0 saturated heterocycles. The van der Waals surface area contributed by atoms with Crippen LogP contribution in [0.15, 0.2) is 28.9 Å². The SMILES string of the molecule is [H]/N=C(/c1nonc1NCC(C)N)N(O)c1ccc(C(F)(F)F)cc1. The molecule has 0 aliphatic carbocycles. The fourth-order valence-electron chi connectivity index (χ4n) is 1.72. The normalized spacial score (nSPS) is 14.2. The van der Waals surface area contributed by atoms with Gasteiger partial charge in [0.15, 0.2) is 12.9 Å². The van der Waals surface area contributed by atoms with Crippen LogP contribution in [-0.4, -0.2) is 33.9 Å². The highest BCUT2D eigenvalue weighted by Crippen LogP contribution is 2.30. The number of hydrogen-bond acceptors (Lipinski definition) is 7. The van der Waals surface area contributed by atoms with Gasteiger partial charge in [0.1, 0.15) is 0 Å². The lowest BCUT2D eigenvalue weighted by Gasteiger charge is -2.17. The smallest absolute Gasteiger partial charge is 0.364 e. The molecule has 0 aliphatic rings. The summed E-state index contributed by atoms with van der Waals surface area (Å²) in [5.41, 5.74) is 4.57. The second-order valence-corrected chi connectivity index (χ2v) is 5.00. The molecule has 0 aliphatic heterocycles. The molecule has 24 heavy (non-hydrogen) atoms. The third-order valence-corrected chi connectivity index (χ3v) is 2.93. The maximum atomic E-state index is 12.6. The zero-order chi connectivity index (χ0) is 18.6. The Bertz CT molecular complexity index is 732. The predicted molar refractivity (Wildman–Crippen MR) is 79.0 cm³/mol. The molecule has 1 unspecified atom stereocenters. The Balaban J connectivity index is 2.25. The summed E-state index contributed by atoms with van der Waals surface area (Å²) in [5, 5.41) is 23.7. The summed E-state index contributed by atoms with van der Waals surface area (Å²) in [6, 6.07) is 3.40. The quantitative estimate of drug-likeness (QED) is 0.372. The van der Waals surface area contributed by atoms with Crippen LogP contribution in [0.5, 0.6) is 0 Å². The van der Waals surface area contributed by atoms with Gasteiger partial charge in [-0.25, -0.2) is 9.69 Å². The Labute approximate surface area is 135 Å². The number of halogens is 3. The van der Waals surface area contributed by atoms with Gasteiger partial charge in [-0.2, -0.15) is 13.2 Å². The Morgan fingerprint density at radius 3 is 2.67 bits per heavy atom. The summed E-state index contributed by atoms with van der Waals surface area (Å²) in [6.45, 7) is 2.04. The third-order valence-electron chi connectivity index (χ3n) is 2.93. The molecule has 1 aromatic carbocycles. The number of nitrogens with two attached hydrogens (primary N) is 1. The van der Waals surface area contributed by atoms with E-state index in [1.807, 2.05) is 0 Å². The summed E-state index contributed by atoms with van der Waals surface area (Å²) in [4.78, 5) is 0. The van der Waals surface area contributed by atoms with Crippen LogP contribution in [-0.2, 0) is 6.18 Å². The van der Waals surface area contributed by atoms with Crippen molar-refractivity contribution in [2.24, 2.45) is 5.73 Å². The number of hydrogen-bond donors (Lipinski definition) is 4. The minimum atomic E-state index is -4.50. The zero-order valence-electron chi connectivity index (χ0n) is 13.4. The Morgan fingerprint density at radius 1 is 1.46 bits per heavy atom. The molecule has 0 saturated carbocycles. The molecule has 11 heteroatoms. The van der Waals surface area contributed by atoms with Crippen LogP contribution in [0.25, 0.3) is 0 Å². The van der Waals surface area contributed by atoms with Crippen molar-refractivity contribution in [3.63, 3.8) is 0 Å². The highest BCUT2D eigenvalue weighted by molar-refractivity contribution is 6.07. The van der Waals surface area contributed by atoms with Gasteiger partial charge in [0.05, 0.1) is 11.3 Å². The molecular formula is C13H15F3N6O2. The highest BCUT2D eigenvalue weighted by Gasteiger charge is 2.30. The molecule has 1 heterocycles. The van der Waals surface area contributed by atoms with Crippen molar-refractivity contribution < 1.29 is 24.4 Å². The fraction of sp³-hybridized carbons (Fsp3) is 0.308. The molecular weight excluding hydrogens is 329 g/mol. The summed E-state index contributed by atoms with van der Waals surface area (Å²) in [6.07, 6.45) is -4.50. The van der Waals surface area contributed by atoms with Gasteiger partial charge in [-0.15, -0.1) is 0 Å². The minimum Gasteiger partial charge on any atom is -0.364 e.